The van der Waals surface area contributed by atoms with Crippen LogP contribution in [0.25, 0.3) is 0 Å². The van der Waals surface area contributed by atoms with Crippen molar-refractivity contribution < 1.29 is 19.1 Å². The number of aryl methyl sites for hydroxylation is 2. The monoisotopic (exact) mass is 537 g/mol. The SMILES string of the molecule is CCOc1ccc([C@H](C(=O)NCCC(C)C)N(C(=O)c2snc(C(N)=O)c2N)c2ccc(C)cc2C)cc1. The molecule has 0 spiro atoms. The van der Waals surface area contributed by atoms with Crippen molar-refractivity contribution in [3.63, 3.8) is 0 Å². The Kier molecular flexibility index (Phi) is 9.46. The number of nitrogens with zero attached hydrogens (tertiary/aromatic N) is 2. The molecule has 10 heteroatoms. The van der Waals surface area contributed by atoms with E-state index < -0.39 is 17.9 Å². The van der Waals surface area contributed by atoms with Crippen LogP contribution in [-0.4, -0.2) is 35.2 Å². The molecule has 0 bridgehead atoms. The van der Waals surface area contributed by atoms with Crippen LogP contribution in [-0.2, 0) is 4.79 Å². The van der Waals surface area contributed by atoms with Crippen molar-refractivity contribution in [3.8, 4) is 5.75 Å². The summed E-state index contributed by atoms with van der Waals surface area (Å²) in [6, 6.07) is 11.7. The van der Waals surface area contributed by atoms with Gasteiger partial charge in [-0.05, 0) is 74.0 Å². The first-order chi connectivity index (χ1) is 18.0. The van der Waals surface area contributed by atoms with Gasteiger partial charge in [-0.1, -0.05) is 43.7 Å². The fourth-order valence-corrected chi connectivity index (χ4v) is 4.83. The summed E-state index contributed by atoms with van der Waals surface area (Å²) in [7, 11) is 0. The number of rotatable bonds is 11. The van der Waals surface area contributed by atoms with E-state index in [1.165, 1.54) is 4.90 Å². The summed E-state index contributed by atoms with van der Waals surface area (Å²) >= 11 is 0.781. The molecule has 1 atom stereocenters. The first-order valence-corrected chi connectivity index (χ1v) is 13.3. The van der Waals surface area contributed by atoms with Crippen LogP contribution in [0.15, 0.2) is 42.5 Å². The summed E-state index contributed by atoms with van der Waals surface area (Å²) in [5.41, 5.74) is 14.2. The number of carbonyl (C=O) groups excluding carboxylic acids is 3. The average molecular weight is 538 g/mol. The van der Waals surface area contributed by atoms with E-state index >= 15 is 0 Å². The first kappa shape index (κ1) is 28.6. The fraction of sp³-hybridized carbons (Fsp3) is 0.357. The molecule has 38 heavy (non-hydrogen) atoms. The van der Waals surface area contributed by atoms with Gasteiger partial charge in [-0.15, -0.1) is 0 Å². The normalized spacial score (nSPS) is 11.7. The van der Waals surface area contributed by atoms with Gasteiger partial charge in [0.1, 0.15) is 16.7 Å². The third-order valence-corrected chi connectivity index (χ3v) is 6.87. The number of aromatic nitrogens is 1. The molecule has 0 unspecified atom stereocenters. The second-order valence-electron chi connectivity index (χ2n) is 9.48. The van der Waals surface area contributed by atoms with Crippen molar-refractivity contribution >= 4 is 40.6 Å². The van der Waals surface area contributed by atoms with Crippen LogP contribution in [0.5, 0.6) is 5.75 Å². The van der Waals surface area contributed by atoms with E-state index in [2.05, 4.69) is 23.5 Å². The van der Waals surface area contributed by atoms with Crippen molar-refractivity contribution in [1.82, 2.24) is 9.69 Å². The van der Waals surface area contributed by atoms with Crippen LogP contribution in [0.4, 0.5) is 11.4 Å². The quantitative estimate of drug-likeness (QED) is 0.331. The van der Waals surface area contributed by atoms with Crippen LogP contribution < -0.4 is 26.4 Å². The van der Waals surface area contributed by atoms with Gasteiger partial charge in [-0.2, -0.15) is 4.37 Å². The van der Waals surface area contributed by atoms with Gasteiger partial charge < -0.3 is 21.5 Å². The molecule has 9 nitrogen and oxygen atoms in total. The maximum absolute atomic E-state index is 14.2. The largest absolute Gasteiger partial charge is 0.494 e. The minimum absolute atomic E-state index is 0.0321. The smallest absolute Gasteiger partial charge is 0.273 e. The topological polar surface area (TPSA) is 141 Å². The number of carbonyl (C=O) groups is 3. The Labute approximate surface area is 227 Å². The lowest BCUT2D eigenvalue weighted by Gasteiger charge is -2.32. The standard InChI is InChI=1S/C28H35N5O4S/c1-6-37-20-10-8-19(9-11-20)24(27(35)31-14-13-16(2)3)33(21-12-7-17(4)15-18(21)5)28(36)25-22(29)23(26(30)34)32-38-25/h7-12,15-16,24H,6,13-14,29H2,1-5H3,(H2,30,34)(H,31,35)/t24-/m1/s1. The van der Waals surface area contributed by atoms with Crippen LogP contribution >= 0.6 is 11.5 Å². The van der Waals surface area contributed by atoms with Gasteiger partial charge in [-0.3, -0.25) is 19.3 Å². The molecule has 0 aliphatic carbocycles. The van der Waals surface area contributed by atoms with Crippen molar-refractivity contribution in [2.24, 2.45) is 11.7 Å². The minimum Gasteiger partial charge on any atom is -0.494 e. The Hall–Kier alpha value is -3.92. The molecule has 0 saturated heterocycles. The summed E-state index contributed by atoms with van der Waals surface area (Å²) in [5, 5.41) is 3.00. The molecule has 3 aromatic rings. The molecule has 3 amide bonds. The Morgan fingerprint density at radius 2 is 1.79 bits per heavy atom. The lowest BCUT2D eigenvalue weighted by atomic mass is 10.00. The van der Waals surface area contributed by atoms with Crippen molar-refractivity contribution in [2.45, 2.75) is 47.1 Å². The summed E-state index contributed by atoms with van der Waals surface area (Å²) in [6.07, 6.45) is 0.781. The Balaban J connectivity index is 2.19. The molecule has 0 aliphatic heterocycles. The van der Waals surface area contributed by atoms with Gasteiger partial charge in [0, 0.05) is 12.2 Å². The molecular weight excluding hydrogens is 502 g/mol. The van der Waals surface area contributed by atoms with Gasteiger partial charge in [0.05, 0.1) is 12.3 Å². The van der Waals surface area contributed by atoms with Gasteiger partial charge in [-0.25, -0.2) is 0 Å². The lowest BCUT2D eigenvalue weighted by molar-refractivity contribution is -0.122. The second kappa shape index (κ2) is 12.6. The zero-order valence-electron chi connectivity index (χ0n) is 22.4. The van der Waals surface area contributed by atoms with Crippen LogP contribution in [0.2, 0.25) is 0 Å². The lowest BCUT2D eigenvalue weighted by Crippen LogP contribution is -2.44. The van der Waals surface area contributed by atoms with Gasteiger partial charge in [0.2, 0.25) is 5.91 Å². The number of hydrogen-bond acceptors (Lipinski definition) is 7. The summed E-state index contributed by atoms with van der Waals surface area (Å²) < 4.78 is 9.58. The van der Waals surface area contributed by atoms with E-state index in [0.29, 0.717) is 36.1 Å². The molecule has 1 aromatic heterocycles. The van der Waals surface area contributed by atoms with Crippen LogP contribution in [0.3, 0.4) is 0 Å². The maximum atomic E-state index is 14.2. The molecule has 3 rings (SSSR count). The molecule has 0 fully saturated rings. The number of nitrogen functional groups attached to an aromatic ring is 1. The summed E-state index contributed by atoms with van der Waals surface area (Å²) in [5.74, 6) is -0.693. The Bertz CT molecular complexity index is 1300. The second-order valence-corrected chi connectivity index (χ2v) is 10.3. The van der Waals surface area contributed by atoms with Gasteiger partial charge in [0.25, 0.3) is 11.8 Å². The number of ether oxygens (including phenoxy) is 1. The summed E-state index contributed by atoms with van der Waals surface area (Å²) in [6.45, 7) is 10.8. The molecule has 1 heterocycles. The van der Waals surface area contributed by atoms with Gasteiger partial charge in [0.15, 0.2) is 5.69 Å². The molecule has 0 aliphatic rings. The minimum atomic E-state index is -1.04. The van der Waals surface area contributed by atoms with E-state index in [-0.39, 0.29) is 22.2 Å². The van der Waals surface area contributed by atoms with E-state index in [0.717, 1.165) is 29.1 Å². The van der Waals surface area contributed by atoms with Crippen LogP contribution in [0.1, 0.15) is 70.1 Å². The van der Waals surface area contributed by atoms with Crippen molar-refractivity contribution in [3.05, 3.63) is 69.7 Å². The number of nitrogens with two attached hydrogens (primary N) is 2. The number of hydrogen-bond donors (Lipinski definition) is 3. The summed E-state index contributed by atoms with van der Waals surface area (Å²) in [4.78, 5) is 41.2. The molecule has 5 N–H and O–H groups in total. The Morgan fingerprint density at radius 3 is 2.34 bits per heavy atom. The van der Waals surface area contributed by atoms with E-state index in [1.807, 2.05) is 32.9 Å². The third-order valence-electron chi connectivity index (χ3n) is 6.02. The first-order valence-electron chi connectivity index (χ1n) is 12.5. The zero-order chi connectivity index (χ0) is 28.0. The predicted molar refractivity (Wildman–Crippen MR) is 151 cm³/mol. The van der Waals surface area contributed by atoms with Crippen molar-refractivity contribution in [1.29, 1.82) is 0 Å². The highest BCUT2D eigenvalue weighted by atomic mass is 32.1. The molecule has 2 aromatic carbocycles. The van der Waals surface area contributed by atoms with Crippen molar-refractivity contribution in [2.75, 3.05) is 23.8 Å². The number of amides is 3. The van der Waals surface area contributed by atoms with Gasteiger partial charge >= 0.3 is 0 Å². The highest BCUT2D eigenvalue weighted by Crippen LogP contribution is 2.35. The number of anilines is 2. The highest BCUT2D eigenvalue weighted by molar-refractivity contribution is 7.09. The van der Waals surface area contributed by atoms with Crippen LogP contribution in [0, 0.1) is 19.8 Å². The molecular formula is C28H35N5O4S. The predicted octanol–water partition coefficient (Wildman–Crippen LogP) is 4.39. The molecule has 202 valence electrons. The number of benzene rings is 2. The zero-order valence-corrected chi connectivity index (χ0v) is 23.2. The van der Waals surface area contributed by atoms with E-state index in [1.54, 1.807) is 30.3 Å². The molecule has 0 radical (unpaired) electrons. The highest BCUT2D eigenvalue weighted by Gasteiger charge is 2.36. The average Bonchev–Trinajstić information content (AvgIpc) is 3.25. The Morgan fingerprint density at radius 1 is 1.11 bits per heavy atom. The maximum Gasteiger partial charge on any atom is 0.273 e. The number of primary amides is 1. The fourth-order valence-electron chi connectivity index (χ4n) is 4.09. The third kappa shape index (κ3) is 6.49. The molecule has 0 saturated carbocycles. The van der Waals surface area contributed by atoms with E-state index in [4.69, 9.17) is 16.2 Å². The van der Waals surface area contributed by atoms with E-state index in [9.17, 15) is 14.4 Å². The number of nitrogens with one attached hydrogen (secondary N) is 1.